The van der Waals surface area contributed by atoms with Crippen molar-refractivity contribution in [1.29, 1.82) is 0 Å². The van der Waals surface area contributed by atoms with Crippen LogP contribution in [0.3, 0.4) is 0 Å². The molecule has 2 aromatic carbocycles. The number of carbonyl (C=O) groups excluding carboxylic acids is 2. The summed E-state index contributed by atoms with van der Waals surface area (Å²) in [6.07, 6.45) is 3.28. The van der Waals surface area contributed by atoms with E-state index in [1.165, 1.54) is 11.8 Å². The lowest BCUT2D eigenvalue weighted by Gasteiger charge is -2.12. The summed E-state index contributed by atoms with van der Waals surface area (Å²) in [4.78, 5) is 29.8. The summed E-state index contributed by atoms with van der Waals surface area (Å²) in [6.45, 7) is 0.522. The third-order valence-corrected chi connectivity index (χ3v) is 5.34. The number of rotatable bonds is 8. The number of aldehydes is 1. The quantitative estimate of drug-likeness (QED) is 0.567. The highest BCUT2D eigenvalue weighted by atomic mass is 32.2. The van der Waals surface area contributed by atoms with Crippen LogP contribution in [0.15, 0.2) is 76.7 Å². The van der Waals surface area contributed by atoms with Crippen LogP contribution in [0.5, 0.6) is 0 Å². The van der Waals surface area contributed by atoms with E-state index in [2.05, 4.69) is 15.6 Å². The van der Waals surface area contributed by atoms with E-state index in [4.69, 9.17) is 0 Å². The molecule has 28 heavy (non-hydrogen) atoms. The first kappa shape index (κ1) is 19.6. The van der Waals surface area contributed by atoms with Crippen LogP contribution < -0.4 is 10.6 Å². The molecule has 1 aromatic heterocycles. The van der Waals surface area contributed by atoms with Crippen molar-refractivity contribution in [2.75, 3.05) is 18.9 Å². The second-order valence-electron chi connectivity index (χ2n) is 6.05. The third kappa shape index (κ3) is 4.98. The highest BCUT2D eigenvalue weighted by Gasteiger charge is 2.11. The molecule has 6 heteroatoms. The van der Waals surface area contributed by atoms with Gasteiger partial charge in [0.15, 0.2) is 6.29 Å². The van der Waals surface area contributed by atoms with Gasteiger partial charge >= 0.3 is 0 Å². The third-order valence-electron chi connectivity index (χ3n) is 4.17. The van der Waals surface area contributed by atoms with Crippen molar-refractivity contribution in [2.45, 2.75) is 16.2 Å². The van der Waals surface area contributed by atoms with E-state index in [9.17, 15) is 9.59 Å². The van der Waals surface area contributed by atoms with Crippen LogP contribution in [0.4, 0.5) is 5.69 Å². The lowest BCUT2D eigenvalue weighted by molar-refractivity contribution is 0.0953. The molecule has 0 spiro atoms. The van der Waals surface area contributed by atoms with Gasteiger partial charge in [-0.15, -0.1) is 0 Å². The molecule has 0 bridgehead atoms. The van der Waals surface area contributed by atoms with Crippen LogP contribution in [0, 0.1) is 0 Å². The first-order valence-corrected chi connectivity index (χ1v) is 9.75. The molecule has 0 atom stereocenters. The zero-order valence-corrected chi connectivity index (χ0v) is 16.3. The minimum atomic E-state index is -0.128. The molecule has 0 aliphatic heterocycles. The maximum absolute atomic E-state index is 12.5. The summed E-state index contributed by atoms with van der Waals surface area (Å²) < 4.78 is 0. The fraction of sp³-hybridized carbons (Fsp3) is 0.136. The Kier molecular flexibility index (Phi) is 6.81. The largest absolute Gasteiger partial charge is 0.387 e. The number of anilines is 1. The number of amides is 1. The van der Waals surface area contributed by atoms with Gasteiger partial charge in [-0.05, 0) is 36.4 Å². The van der Waals surface area contributed by atoms with E-state index in [1.54, 1.807) is 18.3 Å². The Morgan fingerprint density at radius 1 is 1.07 bits per heavy atom. The summed E-state index contributed by atoms with van der Waals surface area (Å²) in [5.41, 5.74) is 3.01. The van der Waals surface area contributed by atoms with Crippen molar-refractivity contribution >= 4 is 29.6 Å². The van der Waals surface area contributed by atoms with E-state index in [1.807, 2.05) is 55.6 Å². The van der Waals surface area contributed by atoms with Gasteiger partial charge in [0, 0.05) is 58.5 Å². The second kappa shape index (κ2) is 9.71. The Labute approximate surface area is 168 Å². The molecule has 0 unspecified atom stereocenters. The molecule has 0 aliphatic rings. The Morgan fingerprint density at radius 3 is 2.64 bits per heavy atom. The van der Waals surface area contributed by atoms with Gasteiger partial charge in [-0.2, -0.15) is 0 Å². The number of hydrogen-bond acceptors (Lipinski definition) is 5. The SMILES string of the molecule is CNc1cc(C(=O)NCCc2ccccn2)ccc1Sc1ccccc1C=O. The monoisotopic (exact) mass is 391 g/mol. The average Bonchev–Trinajstić information content (AvgIpc) is 2.75. The molecule has 0 radical (unpaired) electrons. The Morgan fingerprint density at radius 2 is 1.89 bits per heavy atom. The summed E-state index contributed by atoms with van der Waals surface area (Å²) in [7, 11) is 1.81. The number of aromatic nitrogens is 1. The zero-order chi connectivity index (χ0) is 19.8. The average molecular weight is 391 g/mol. The summed E-state index contributed by atoms with van der Waals surface area (Å²) in [5, 5.41) is 6.06. The number of benzene rings is 2. The Hall–Kier alpha value is -3.12. The Bertz CT molecular complexity index is 961. The van der Waals surface area contributed by atoms with Gasteiger partial charge in [0.1, 0.15) is 0 Å². The predicted octanol–water partition coefficient (Wildman–Crippen LogP) is 4.06. The van der Waals surface area contributed by atoms with Crippen LogP contribution in [-0.2, 0) is 6.42 Å². The molecule has 2 N–H and O–H groups in total. The summed E-state index contributed by atoms with van der Waals surface area (Å²) >= 11 is 1.49. The first-order chi connectivity index (χ1) is 13.7. The topological polar surface area (TPSA) is 71.1 Å². The van der Waals surface area contributed by atoms with Crippen LogP contribution in [-0.4, -0.2) is 30.8 Å². The smallest absolute Gasteiger partial charge is 0.251 e. The normalized spacial score (nSPS) is 10.3. The van der Waals surface area contributed by atoms with Crippen LogP contribution in [0.2, 0.25) is 0 Å². The fourth-order valence-corrected chi connectivity index (χ4v) is 3.72. The van der Waals surface area contributed by atoms with Gasteiger partial charge in [0.05, 0.1) is 0 Å². The van der Waals surface area contributed by atoms with E-state index in [0.29, 0.717) is 24.1 Å². The van der Waals surface area contributed by atoms with E-state index in [0.717, 1.165) is 27.5 Å². The van der Waals surface area contributed by atoms with Crippen molar-refractivity contribution < 1.29 is 9.59 Å². The molecule has 3 aromatic rings. The molecule has 0 fully saturated rings. The molecule has 0 saturated heterocycles. The van der Waals surface area contributed by atoms with Crippen molar-refractivity contribution in [2.24, 2.45) is 0 Å². The second-order valence-corrected chi connectivity index (χ2v) is 7.13. The van der Waals surface area contributed by atoms with Crippen LogP contribution in [0.1, 0.15) is 26.4 Å². The molecule has 0 aliphatic carbocycles. The van der Waals surface area contributed by atoms with Gasteiger partial charge in [0.2, 0.25) is 0 Å². The molecular weight excluding hydrogens is 370 g/mol. The van der Waals surface area contributed by atoms with Gasteiger partial charge < -0.3 is 10.6 Å². The number of hydrogen-bond donors (Lipinski definition) is 2. The Balaban J connectivity index is 1.68. The van der Waals surface area contributed by atoms with E-state index in [-0.39, 0.29) is 5.91 Å². The molecule has 142 valence electrons. The molecule has 1 heterocycles. The lowest BCUT2D eigenvalue weighted by atomic mass is 10.2. The van der Waals surface area contributed by atoms with E-state index >= 15 is 0 Å². The molecule has 3 rings (SSSR count). The fourth-order valence-electron chi connectivity index (χ4n) is 2.70. The highest BCUT2D eigenvalue weighted by molar-refractivity contribution is 7.99. The van der Waals surface area contributed by atoms with Crippen LogP contribution >= 0.6 is 11.8 Å². The maximum atomic E-state index is 12.5. The van der Waals surface area contributed by atoms with Crippen molar-refractivity contribution in [1.82, 2.24) is 10.3 Å². The molecule has 5 nitrogen and oxygen atoms in total. The molecule has 0 saturated carbocycles. The zero-order valence-electron chi connectivity index (χ0n) is 15.5. The highest BCUT2D eigenvalue weighted by Crippen LogP contribution is 2.35. The minimum absolute atomic E-state index is 0.128. The van der Waals surface area contributed by atoms with E-state index < -0.39 is 0 Å². The number of nitrogens with zero attached hydrogens (tertiary/aromatic N) is 1. The van der Waals surface area contributed by atoms with Gasteiger partial charge in [-0.25, -0.2) is 0 Å². The van der Waals surface area contributed by atoms with Crippen LogP contribution in [0.25, 0.3) is 0 Å². The summed E-state index contributed by atoms with van der Waals surface area (Å²) in [6, 6.07) is 18.7. The minimum Gasteiger partial charge on any atom is -0.387 e. The first-order valence-electron chi connectivity index (χ1n) is 8.93. The van der Waals surface area contributed by atoms with Crippen molar-refractivity contribution in [3.63, 3.8) is 0 Å². The van der Waals surface area contributed by atoms with Gasteiger partial charge in [-0.3, -0.25) is 14.6 Å². The molecular formula is C22H21N3O2S. The number of pyridine rings is 1. The predicted molar refractivity (Wildman–Crippen MR) is 112 cm³/mol. The van der Waals surface area contributed by atoms with Gasteiger partial charge in [0.25, 0.3) is 5.91 Å². The van der Waals surface area contributed by atoms with Crippen molar-refractivity contribution in [3.8, 4) is 0 Å². The number of nitrogens with one attached hydrogen (secondary N) is 2. The van der Waals surface area contributed by atoms with Crippen molar-refractivity contribution in [3.05, 3.63) is 83.7 Å². The lowest BCUT2D eigenvalue weighted by Crippen LogP contribution is -2.26. The maximum Gasteiger partial charge on any atom is 0.251 e. The number of carbonyl (C=O) groups is 2. The summed E-state index contributed by atoms with van der Waals surface area (Å²) in [5.74, 6) is -0.128. The standard InChI is InChI=1S/C22H21N3O2S/c1-23-19-14-16(22(27)25-13-11-18-7-4-5-12-24-18)9-10-21(19)28-20-8-3-2-6-17(20)15-26/h2-10,12,14-15,23H,11,13H2,1H3,(H,25,27). The van der Waals surface area contributed by atoms with Gasteiger partial charge in [-0.1, -0.05) is 36.0 Å². The molecule has 1 amide bonds.